The lowest BCUT2D eigenvalue weighted by Crippen LogP contribution is -2.47. The Hall–Kier alpha value is -2.86. The number of carbonyl (C=O) groups excluding carboxylic acids is 2. The van der Waals surface area contributed by atoms with Crippen molar-refractivity contribution >= 4 is 17.6 Å². The molecule has 2 aromatic carbocycles. The van der Waals surface area contributed by atoms with E-state index in [1.165, 1.54) is 5.06 Å². The minimum absolute atomic E-state index is 0.00647. The number of fused-ring (bicyclic) bond motifs is 2. The van der Waals surface area contributed by atoms with Crippen LogP contribution in [0.25, 0.3) is 0 Å². The Kier molecular flexibility index (Phi) is 4.58. The Labute approximate surface area is 152 Å². The molecule has 1 N–H and O–H groups in total. The molecule has 0 spiro atoms. The molecule has 0 aliphatic carbocycles. The maximum Gasteiger partial charge on any atom is 0.345 e. The lowest BCUT2D eigenvalue weighted by molar-refractivity contribution is -0.140. The second kappa shape index (κ2) is 7.17. The van der Waals surface area contributed by atoms with Crippen molar-refractivity contribution in [3.63, 3.8) is 0 Å². The van der Waals surface area contributed by atoms with Crippen LogP contribution in [0.5, 0.6) is 0 Å². The maximum atomic E-state index is 12.7. The zero-order valence-electron chi connectivity index (χ0n) is 14.4. The fourth-order valence-corrected chi connectivity index (χ4v) is 3.54. The van der Waals surface area contributed by atoms with Crippen molar-refractivity contribution in [2.45, 2.75) is 31.5 Å². The molecule has 2 bridgehead atoms. The highest BCUT2D eigenvalue weighted by molar-refractivity contribution is 5.97. The number of carbonyl (C=O) groups is 2. The summed E-state index contributed by atoms with van der Waals surface area (Å²) in [6.07, 6.45) is 1.39. The van der Waals surface area contributed by atoms with E-state index in [1.54, 1.807) is 4.90 Å². The largest absolute Gasteiger partial charge is 0.345 e. The molecule has 0 unspecified atom stereocenters. The maximum absolute atomic E-state index is 12.7. The lowest BCUT2D eigenvalue weighted by atomic mass is 10.0. The number of hydroxylamine groups is 2. The van der Waals surface area contributed by atoms with E-state index in [0.717, 1.165) is 17.7 Å². The van der Waals surface area contributed by atoms with Gasteiger partial charge in [0.1, 0.15) is 12.6 Å². The van der Waals surface area contributed by atoms with Crippen LogP contribution >= 0.6 is 0 Å². The van der Waals surface area contributed by atoms with Crippen LogP contribution in [-0.4, -0.2) is 40.5 Å². The number of nitrogens with one attached hydrogen (secondary N) is 1. The molecule has 2 atom stereocenters. The topological polar surface area (TPSA) is 61.9 Å². The molecule has 3 amide bonds. The first kappa shape index (κ1) is 16.6. The van der Waals surface area contributed by atoms with Gasteiger partial charge in [-0.2, -0.15) is 5.06 Å². The monoisotopic (exact) mass is 351 g/mol. The van der Waals surface area contributed by atoms with Crippen molar-refractivity contribution < 1.29 is 14.4 Å². The van der Waals surface area contributed by atoms with Crippen LogP contribution in [0.3, 0.4) is 0 Å². The van der Waals surface area contributed by atoms with Gasteiger partial charge in [0.05, 0.1) is 6.04 Å². The molecular weight excluding hydrogens is 330 g/mol. The Balaban J connectivity index is 1.40. The number of nitrogens with zero attached hydrogens (tertiary/aromatic N) is 2. The zero-order chi connectivity index (χ0) is 17.9. The van der Waals surface area contributed by atoms with Crippen LogP contribution in [-0.2, 0) is 16.2 Å². The van der Waals surface area contributed by atoms with E-state index < -0.39 is 6.04 Å². The minimum Gasteiger partial charge on any atom is -0.324 e. The fraction of sp³-hybridized carbons (Fsp3) is 0.300. The standard InChI is InChI=1S/C20H21N3O3/c24-19(21-16-9-5-2-6-10-16)18-12-11-17-13-22(18)20(25)23(17)26-14-15-7-3-1-4-8-15/h1-10,17-18H,11-14H2,(H,21,24)/t17-,18-/m0/s1. The van der Waals surface area contributed by atoms with Crippen LogP contribution in [0.2, 0.25) is 0 Å². The van der Waals surface area contributed by atoms with Gasteiger partial charge in [-0.15, -0.1) is 0 Å². The van der Waals surface area contributed by atoms with Gasteiger partial charge in [0.25, 0.3) is 0 Å². The highest BCUT2D eigenvalue weighted by atomic mass is 16.7. The summed E-state index contributed by atoms with van der Waals surface area (Å²) in [4.78, 5) is 32.7. The first-order chi connectivity index (χ1) is 12.7. The third kappa shape index (κ3) is 3.28. The fourth-order valence-electron chi connectivity index (χ4n) is 3.54. The Morgan fingerprint density at radius 1 is 1.04 bits per heavy atom. The summed E-state index contributed by atoms with van der Waals surface area (Å²) in [5, 5.41) is 4.34. The predicted molar refractivity (Wildman–Crippen MR) is 97.1 cm³/mol. The molecule has 134 valence electrons. The average Bonchev–Trinajstić information content (AvgIpc) is 2.92. The summed E-state index contributed by atoms with van der Waals surface area (Å²) in [6.45, 7) is 0.873. The third-order valence-corrected chi connectivity index (χ3v) is 4.88. The van der Waals surface area contributed by atoms with Gasteiger partial charge >= 0.3 is 6.03 Å². The van der Waals surface area contributed by atoms with Crippen molar-refractivity contribution in [2.75, 3.05) is 11.9 Å². The zero-order valence-corrected chi connectivity index (χ0v) is 14.4. The van der Waals surface area contributed by atoms with Gasteiger partial charge in [0, 0.05) is 12.2 Å². The van der Waals surface area contributed by atoms with Crippen LogP contribution < -0.4 is 5.32 Å². The number of para-hydroxylation sites is 1. The SMILES string of the molecule is O=C(Nc1ccccc1)[C@@H]1CC[C@H]2CN1C(=O)N2OCc1ccccc1. The quantitative estimate of drug-likeness (QED) is 0.901. The highest BCUT2D eigenvalue weighted by Crippen LogP contribution is 2.31. The number of benzene rings is 2. The Morgan fingerprint density at radius 2 is 1.73 bits per heavy atom. The van der Waals surface area contributed by atoms with Crippen LogP contribution in [0.15, 0.2) is 60.7 Å². The first-order valence-corrected chi connectivity index (χ1v) is 8.85. The Bertz CT molecular complexity index is 781. The van der Waals surface area contributed by atoms with Crippen molar-refractivity contribution in [3.05, 3.63) is 66.2 Å². The van der Waals surface area contributed by atoms with E-state index in [9.17, 15) is 9.59 Å². The van der Waals surface area contributed by atoms with Gasteiger partial charge in [-0.3, -0.25) is 9.63 Å². The molecule has 6 nitrogen and oxygen atoms in total. The minimum atomic E-state index is -0.454. The molecule has 0 saturated carbocycles. The number of rotatable bonds is 5. The number of piperidine rings is 1. The summed E-state index contributed by atoms with van der Waals surface area (Å²) in [6, 6.07) is 18.4. The van der Waals surface area contributed by atoms with Crippen LogP contribution in [0.4, 0.5) is 10.5 Å². The smallest absolute Gasteiger partial charge is 0.324 e. The lowest BCUT2D eigenvalue weighted by Gasteiger charge is -2.29. The van der Waals surface area contributed by atoms with Crippen molar-refractivity contribution in [1.82, 2.24) is 9.96 Å². The number of urea groups is 1. The molecular formula is C20H21N3O3. The average molecular weight is 351 g/mol. The summed E-state index contributed by atoms with van der Waals surface area (Å²) < 4.78 is 0. The molecule has 0 aromatic heterocycles. The highest BCUT2D eigenvalue weighted by Gasteiger charge is 2.47. The number of hydrogen-bond acceptors (Lipinski definition) is 3. The number of anilines is 1. The van der Waals surface area contributed by atoms with Crippen LogP contribution in [0, 0.1) is 0 Å². The Morgan fingerprint density at radius 3 is 2.46 bits per heavy atom. The summed E-state index contributed by atoms with van der Waals surface area (Å²) in [5.74, 6) is -0.145. The van der Waals surface area contributed by atoms with E-state index in [1.807, 2.05) is 60.7 Å². The second-order valence-corrected chi connectivity index (χ2v) is 6.62. The van der Waals surface area contributed by atoms with E-state index in [2.05, 4.69) is 5.32 Å². The number of hydrogen-bond donors (Lipinski definition) is 1. The molecule has 2 saturated heterocycles. The van der Waals surface area contributed by atoms with Gasteiger partial charge in [-0.05, 0) is 30.5 Å². The van der Waals surface area contributed by atoms with E-state index in [0.29, 0.717) is 19.6 Å². The molecule has 0 radical (unpaired) electrons. The molecule has 6 heteroatoms. The van der Waals surface area contributed by atoms with Gasteiger partial charge in [-0.25, -0.2) is 4.79 Å². The molecule has 2 heterocycles. The van der Waals surface area contributed by atoms with E-state index >= 15 is 0 Å². The molecule has 2 aliphatic rings. The van der Waals surface area contributed by atoms with Gasteiger partial charge < -0.3 is 10.2 Å². The van der Waals surface area contributed by atoms with Crippen molar-refractivity contribution in [3.8, 4) is 0 Å². The second-order valence-electron chi connectivity index (χ2n) is 6.62. The predicted octanol–water partition coefficient (Wildman–Crippen LogP) is 3.03. The first-order valence-electron chi connectivity index (χ1n) is 8.85. The summed E-state index contributed by atoms with van der Waals surface area (Å²) >= 11 is 0. The molecule has 26 heavy (non-hydrogen) atoms. The van der Waals surface area contributed by atoms with Gasteiger partial charge in [0.2, 0.25) is 5.91 Å². The van der Waals surface area contributed by atoms with Crippen LogP contribution in [0.1, 0.15) is 18.4 Å². The van der Waals surface area contributed by atoms with Crippen molar-refractivity contribution in [2.24, 2.45) is 0 Å². The molecule has 2 aromatic rings. The van der Waals surface area contributed by atoms with Crippen molar-refractivity contribution in [1.29, 1.82) is 0 Å². The van der Waals surface area contributed by atoms with E-state index in [4.69, 9.17) is 4.84 Å². The molecule has 2 fully saturated rings. The van der Waals surface area contributed by atoms with Gasteiger partial charge in [-0.1, -0.05) is 48.5 Å². The summed E-state index contributed by atoms with van der Waals surface area (Å²) in [5.41, 5.74) is 1.75. The third-order valence-electron chi connectivity index (χ3n) is 4.88. The van der Waals surface area contributed by atoms with Gasteiger partial charge in [0.15, 0.2) is 0 Å². The summed E-state index contributed by atoms with van der Waals surface area (Å²) in [7, 11) is 0. The van der Waals surface area contributed by atoms with E-state index in [-0.39, 0.29) is 18.0 Å². The number of amides is 3. The molecule has 2 aliphatic heterocycles. The normalized spacial score (nSPS) is 21.8. The molecule has 4 rings (SSSR count).